The highest BCUT2D eigenvalue weighted by Gasteiger charge is 2.26. The summed E-state index contributed by atoms with van der Waals surface area (Å²) >= 11 is 0. The van der Waals surface area contributed by atoms with Crippen molar-refractivity contribution in [3.05, 3.63) is 35.9 Å². The molecule has 0 saturated heterocycles. The number of benzene rings is 1. The maximum atomic E-state index is 12.5. The topological polar surface area (TPSA) is 49.3 Å². The second kappa shape index (κ2) is 8.05. The van der Waals surface area contributed by atoms with Gasteiger partial charge in [0.1, 0.15) is 0 Å². The molecule has 0 saturated carbocycles. The lowest BCUT2D eigenvalue weighted by Gasteiger charge is -2.25. The molecular formula is C17H27NO2. The van der Waals surface area contributed by atoms with Crippen LogP contribution in [0.2, 0.25) is 0 Å². The predicted molar refractivity (Wildman–Crippen MR) is 82.5 cm³/mol. The molecule has 0 aliphatic carbocycles. The van der Waals surface area contributed by atoms with Crippen molar-refractivity contribution in [2.24, 2.45) is 5.92 Å². The van der Waals surface area contributed by atoms with E-state index in [0.717, 1.165) is 12.0 Å². The standard InChI is InChI=1S/C17H27NO2/c1-5-12(2)16(15-9-7-6-8-10-15)17(20)18-13(3)11-14(4)19/h6-10,12-14,16,19H,5,11H2,1-4H3,(H,18,20). The molecule has 1 aromatic rings. The number of aliphatic hydroxyl groups excluding tert-OH is 1. The van der Waals surface area contributed by atoms with E-state index in [0.29, 0.717) is 6.42 Å². The van der Waals surface area contributed by atoms with Crippen LogP contribution in [0, 0.1) is 5.92 Å². The summed E-state index contributed by atoms with van der Waals surface area (Å²) < 4.78 is 0. The average molecular weight is 277 g/mol. The monoisotopic (exact) mass is 277 g/mol. The Bertz CT molecular complexity index is 403. The number of nitrogens with one attached hydrogen (secondary N) is 1. The number of amides is 1. The first-order valence-electron chi connectivity index (χ1n) is 7.49. The molecule has 1 aromatic carbocycles. The first-order valence-corrected chi connectivity index (χ1v) is 7.49. The molecule has 0 radical (unpaired) electrons. The Morgan fingerprint density at radius 1 is 1.20 bits per heavy atom. The van der Waals surface area contributed by atoms with Gasteiger partial charge in [0.15, 0.2) is 0 Å². The first-order chi connectivity index (χ1) is 9.45. The van der Waals surface area contributed by atoms with E-state index in [1.165, 1.54) is 0 Å². The van der Waals surface area contributed by atoms with Gasteiger partial charge >= 0.3 is 0 Å². The molecule has 2 N–H and O–H groups in total. The van der Waals surface area contributed by atoms with E-state index in [1.54, 1.807) is 6.92 Å². The Balaban J connectivity index is 2.81. The molecule has 0 aliphatic heterocycles. The van der Waals surface area contributed by atoms with Crippen molar-refractivity contribution in [1.29, 1.82) is 0 Å². The second-order valence-electron chi connectivity index (χ2n) is 5.77. The van der Waals surface area contributed by atoms with Gasteiger partial charge in [-0.25, -0.2) is 0 Å². The molecule has 0 aromatic heterocycles. The molecule has 20 heavy (non-hydrogen) atoms. The molecule has 0 spiro atoms. The summed E-state index contributed by atoms with van der Waals surface area (Å²) in [5, 5.41) is 12.4. The van der Waals surface area contributed by atoms with Crippen molar-refractivity contribution < 1.29 is 9.90 Å². The zero-order valence-electron chi connectivity index (χ0n) is 13.0. The van der Waals surface area contributed by atoms with Crippen molar-refractivity contribution in [1.82, 2.24) is 5.32 Å². The van der Waals surface area contributed by atoms with Gasteiger partial charge in [0.25, 0.3) is 0 Å². The van der Waals surface area contributed by atoms with Crippen LogP contribution in [0.15, 0.2) is 30.3 Å². The SMILES string of the molecule is CCC(C)C(C(=O)NC(C)CC(C)O)c1ccccc1. The molecule has 0 bridgehead atoms. The summed E-state index contributed by atoms with van der Waals surface area (Å²) in [6.45, 7) is 7.89. The zero-order chi connectivity index (χ0) is 15.1. The highest BCUT2D eigenvalue weighted by molar-refractivity contribution is 5.84. The minimum Gasteiger partial charge on any atom is -0.393 e. The minimum atomic E-state index is -0.399. The molecule has 0 aliphatic rings. The van der Waals surface area contributed by atoms with Crippen LogP contribution in [0.25, 0.3) is 0 Å². The number of carbonyl (C=O) groups is 1. The van der Waals surface area contributed by atoms with E-state index in [1.807, 2.05) is 37.3 Å². The maximum absolute atomic E-state index is 12.5. The molecule has 3 heteroatoms. The Kier molecular flexibility index (Phi) is 6.73. The average Bonchev–Trinajstić information content (AvgIpc) is 2.38. The molecular weight excluding hydrogens is 250 g/mol. The van der Waals surface area contributed by atoms with Crippen molar-refractivity contribution >= 4 is 5.91 Å². The lowest BCUT2D eigenvalue weighted by atomic mass is 9.84. The summed E-state index contributed by atoms with van der Waals surface area (Å²) in [6.07, 6.45) is 1.13. The van der Waals surface area contributed by atoms with Gasteiger partial charge in [-0.15, -0.1) is 0 Å². The number of hydrogen-bond donors (Lipinski definition) is 2. The van der Waals surface area contributed by atoms with Gasteiger partial charge in [-0.1, -0.05) is 50.6 Å². The largest absolute Gasteiger partial charge is 0.393 e. The van der Waals surface area contributed by atoms with Crippen molar-refractivity contribution in [3.8, 4) is 0 Å². The van der Waals surface area contributed by atoms with E-state index < -0.39 is 6.10 Å². The van der Waals surface area contributed by atoms with Crippen LogP contribution < -0.4 is 5.32 Å². The Morgan fingerprint density at radius 2 is 1.80 bits per heavy atom. The number of carbonyl (C=O) groups excluding carboxylic acids is 1. The predicted octanol–water partition coefficient (Wildman–Crippen LogP) is 3.09. The van der Waals surface area contributed by atoms with Crippen LogP contribution >= 0.6 is 0 Å². The van der Waals surface area contributed by atoms with Crippen LogP contribution in [0.1, 0.15) is 52.0 Å². The van der Waals surface area contributed by atoms with Gasteiger partial charge in [-0.05, 0) is 31.7 Å². The summed E-state index contributed by atoms with van der Waals surface area (Å²) in [5.74, 6) is 0.215. The quantitative estimate of drug-likeness (QED) is 0.804. The summed E-state index contributed by atoms with van der Waals surface area (Å²) in [7, 11) is 0. The Labute approximate surface area is 122 Å². The van der Waals surface area contributed by atoms with E-state index in [-0.39, 0.29) is 23.8 Å². The van der Waals surface area contributed by atoms with E-state index in [4.69, 9.17) is 0 Å². The molecule has 1 amide bonds. The smallest absolute Gasteiger partial charge is 0.228 e. The summed E-state index contributed by atoms with van der Waals surface area (Å²) in [6, 6.07) is 9.91. The highest BCUT2D eigenvalue weighted by Crippen LogP contribution is 2.27. The number of aliphatic hydroxyl groups is 1. The fourth-order valence-corrected chi connectivity index (χ4v) is 2.54. The first kappa shape index (κ1) is 16.7. The molecule has 0 heterocycles. The highest BCUT2D eigenvalue weighted by atomic mass is 16.3. The van der Waals surface area contributed by atoms with Crippen molar-refractivity contribution in [3.63, 3.8) is 0 Å². The van der Waals surface area contributed by atoms with Gasteiger partial charge in [0.2, 0.25) is 5.91 Å². The second-order valence-corrected chi connectivity index (χ2v) is 5.77. The molecule has 4 unspecified atom stereocenters. The van der Waals surface area contributed by atoms with Gasteiger partial charge in [-0.2, -0.15) is 0 Å². The lowest BCUT2D eigenvalue weighted by Crippen LogP contribution is -2.39. The van der Waals surface area contributed by atoms with Gasteiger partial charge in [-0.3, -0.25) is 4.79 Å². The molecule has 3 nitrogen and oxygen atoms in total. The van der Waals surface area contributed by atoms with Gasteiger partial charge in [0.05, 0.1) is 12.0 Å². The third-order valence-electron chi connectivity index (χ3n) is 3.74. The molecule has 0 fully saturated rings. The fourth-order valence-electron chi connectivity index (χ4n) is 2.54. The molecule has 112 valence electrons. The number of rotatable bonds is 7. The van der Waals surface area contributed by atoms with E-state index in [9.17, 15) is 9.90 Å². The Morgan fingerprint density at radius 3 is 2.30 bits per heavy atom. The van der Waals surface area contributed by atoms with Crippen LogP contribution in [0.4, 0.5) is 0 Å². The van der Waals surface area contributed by atoms with Crippen LogP contribution in [-0.2, 0) is 4.79 Å². The number of hydrogen-bond acceptors (Lipinski definition) is 2. The summed E-state index contributed by atoms with van der Waals surface area (Å²) in [4.78, 5) is 12.5. The van der Waals surface area contributed by atoms with Crippen LogP contribution in [-0.4, -0.2) is 23.2 Å². The summed E-state index contributed by atoms with van der Waals surface area (Å²) in [5.41, 5.74) is 1.06. The van der Waals surface area contributed by atoms with Crippen molar-refractivity contribution in [2.75, 3.05) is 0 Å². The minimum absolute atomic E-state index is 0.0160. The van der Waals surface area contributed by atoms with Gasteiger partial charge in [0, 0.05) is 6.04 Å². The van der Waals surface area contributed by atoms with E-state index >= 15 is 0 Å². The maximum Gasteiger partial charge on any atom is 0.228 e. The zero-order valence-corrected chi connectivity index (χ0v) is 13.0. The third kappa shape index (κ3) is 4.97. The van der Waals surface area contributed by atoms with E-state index in [2.05, 4.69) is 19.2 Å². The molecule has 4 atom stereocenters. The third-order valence-corrected chi connectivity index (χ3v) is 3.74. The Hall–Kier alpha value is -1.35. The van der Waals surface area contributed by atoms with Crippen LogP contribution in [0.5, 0.6) is 0 Å². The van der Waals surface area contributed by atoms with Crippen LogP contribution in [0.3, 0.4) is 0 Å². The molecule has 1 rings (SSSR count). The fraction of sp³-hybridized carbons (Fsp3) is 0.588. The lowest BCUT2D eigenvalue weighted by molar-refractivity contribution is -0.124. The van der Waals surface area contributed by atoms with Crippen molar-refractivity contribution in [2.45, 2.75) is 58.6 Å². The normalized spacial score (nSPS) is 17.1. The van der Waals surface area contributed by atoms with Gasteiger partial charge < -0.3 is 10.4 Å².